The number of H-pyrrole nitrogens is 1. The molecule has 0 radical (unpaired) electrons. The zero-order valence-electron chi connectivity index (χ0n) is 21.3. The van der Waals surface area contributed by atoms with E-state index in [1.807, 2.05) is 27.7 Å². The van der Waals surface area contributed by atoms with Crippen molar-refractivity contribution in [1.82, 2.24) is 19.6 Å². The van der Waals surface area contributed by atoms with Crippen LogP contribution in [-0.4, -0.2) is 31.9 Å². The minimum absolute atomic E-state index is 0.0510. The summed E-state index contributed by atoms with van der Waals surface area (Å²) in [7, 11) is 0. The van der Waals surface area contributed by atoms with Gasteiger partial charge in [-0.1, -0.05) is 66.0 Å². The SMILES string of the molecule is CC.CC.CC(=O)Nc1c(F)c(Cl)c(-c2ccc3nc(NC=O)cn3c2)c2cn[nH]c12.CCCC. The van der Waals surface area contributed by atoms with Gasteiger partial charge in [0.05, 0.1) is 22.9 Å². The van der Waals surface area contributed by atoms with Crippen LogP contribution in [0.5, 0.6) is 0 Å². The van der Waals surface area contributed by atoms with Crippen LogP contribution < -0.4 is 10.6 Å². The van der Waals surface area contributed by atoms with Crippen molar-refractivity contribution in [3.63, 3.8) is 0 Å². The van der Waals surface area contributed by atoms with E-state index in [1.165, 1.54) is 26.0 Å². The van der Waals surface area contributed by atoms with E-state index in [1.54, 1.807) is 28.9 Å². The Balaban J connectivity index is 0.000000684. The lowest BCUT2D eigenvalue weighted by molar-refractivity contribution is -0.114. The van der Waals surface area contributed by atoms with Crippen LogP contribution in [0.15, 0.2) is 30.7 Å². The van der Waals surface area contributed by atoms with Crippen LogP contribution >= 0.6 is 11.6 Å². The fourth-order valence-corrected chi connectivity index (χ4v) is 3.26. The second kappa shape index (κ2) is 14.7. The smallest absolute Gasteiger partial charge is 0.221 e. The van der Waals surface area contributed by atoms with E-state index in [0.29, 0.717) is 39.9 Å². The molecule has 4 rings (SSSR count). The summed E-state index contributed by atoms with van der Waals surface area (Å²) in [6, 6.07) is 3.45. The molecule has 0 aliphatic heterocycles. The number of rotatable bonds is 5. The van der Waals surface area contributed by atoms with Crippen LogP contribution in [-0.2, 0) is 9.59 Å². The summed E-state index contributed by atoms with van der Waals surface area (Å²) in [5.74, 6) is -0.801. The molecule has 3 heterocycles. The number of carbonyl (C=O) groups is 2. The van der Waals surface area contributed by atoms with Gasteiger partial charge >= 0.3 is 0 Å². The Morgan fingerprint density at radius 3 is 2.40 bits per heavy atom. The van der Waals surface area contributed by atoms with Crippen LogP contribution in [0, 0.1) is 5.82 Å². The highest BCUT2D eigenvalue weighted by Gasteiger charge is 2.22. The molecule has 35 heavy (non-hydrogen) atoms. The summed E-state index contributed by atoms with van der Waals surface area (Å²) in [4.78, 5) is 26.2. The topological polar surface area (TPSA) is 104 Å². The molecule has 0 saturated carbocycles. The molecule has 3 aromatic heterocycles. The van der Waals surface area contributed by atoms with Gasteiger partial charge in [-0.05, 0) is 12.1 Å². The summed E-state index contributed by atoms with van der Waals surface area (Å²) in [6.45, 7) is 13.6. The summed E-state index contributed by atoms with van der Waals surface area (Å²) < 4.78 is 16.6. The third kappa shape index (κ3) is 7.02. The van der Waals surface area contributed by atoms with Gasteiger partial charge in [-0.3, -0.25) is 14.7 Å². The van der Waals surface area contributed by atoms with Gasteiger partial charge < -0.3 is 15.0 Å². The number of hydrogen-bond donors (Lipinski definition) is 3. The van der Waals surface area contributed by atoms with Crippen molar-refractivity contribution in [2.24, 2.45) is 0 Å². The second-order valence-corrected chi connectivity index (χ2v) is 7.17. The summed E-state index contributed by atoms with van der Waals surface area (Å²) in [5, 5.41) is 12.0. The maximum Gasteiger partial charge on any atom is 0.221 e. The highest BCUT2D eigenvalue weighted by molar-refractivity contribution is 6.36. The van der Waals surface area contributed by atoms with E-state index >= 15 is 0 Å². The van der Waals surface area contributed by atoms with Gasteiger partial charge in [0.2, 0.25) is 12.3 Å². The Morgan fingerprint density at radius 1 is 1.17 bits per heavy atom. The average molecular weight is 505 g/mol. The lowest BCUT2D eigenvalue weighted by atomic mass is 10.0. The van der Waals surface area contributed by atoms with Gasteiger partial charge in [-0.15, -0.1) is 0 Å². The van der Waals surface area contributed by atoms with E-state index in [0.717, 1.165) is 0 Å². The predicted molar refractivity (Wildman–Crippen MR) is 143 cm³/mol. The largest absolute Gasteiger partial charge is 0.322 e. The number of benzene rings is 1. The first-order valence-electron chi connectivity index (χ1n) is 11.7. The van der Waals surface area contributed by atoms with E-state index in [4.69, 9.17) is 11.6 Å². The molecule has 0 fully saturated rings. The number of nitrogens with one attached hydrogen (secondary N) is 3. The van der Waals surface area contributed by atoms with Crippen molar-refractivity contribution in [3.8, 4) is 11.1 Å². The predicted octanol–water partition coefficient (Wildman–Crippen LogP) is 7.06. The molecule has 190 valence electrons. The highest BCUT2D eigenvalue weighted by Crippen LogP contribution is 2.41. The van der Waals surface area contributed by atoms with Gasteiger partial charge in [-0.2, -0.15) is 5.10 Å². The number of aromatic amines is 1. The molecule has 2 amide bonds. The van der Waals surface area contributed by atoms with Crippen LogP contribution in [0.4, 0.5) is 15.9 Å². The Bertz CT molecular complexity index is 1250. The van der Waals surface area contributed by atoms with Gasteiger partial charge in [0.15, 0.2) is 11.6 Å². The molecule has 10 heteroatoms. The van der Waals surface area contributed by atoms with Crippen LogP contribution in [0.2, 0.25) is 5.02 Å². The fraction of sp³-hybridized carbons (Fsp3) is 0.360. The summed E-state index contributed by atoms with van der Waals surface area (Å²) in [6.07, 6.45) is 8.02. The average Bonchev–Trinajstić information content (AvgIpc) is 3.51. The van der Waals surface area contributed by atoms with Gasteiger partial charge in [-0.25, -0.2) is 9.37 Å². The minimum atomic E-state index is -0.757. The number of halogens is 2. The Morgan fingerprint density at radius 2 is 1.83 bits per heavy atom. The lowest BCUT2D eigenvalue weighted by Crippen LogP contribution is -2.09. The first-order valence-corrected chi connectivity index (χ1v) is 12.1. The van der Waals surface area contributed by atoms with Gasteiger partial charge in [0, 0.05) is 29.6 Å². The molecule has 0 bridgehead atoms. The number of hydrogen-bond acceptors (Lipinski definition) is 4. The molecule has 0 unspecified atom stereocenters. The summed E-state index contributed by atoms with van der Waals surface area (Å²) in [5.41, 5.74) is 1.91. The monoisotopic (exact) mass is 504 g/mol. The molecular formula is C25H34ClFN6O2. The van der Waals surface area contributed by atoms with Crippen LogP contribution in [0.25, 0.3) is 27.7 Å². The molecule has 4 aromatic rings. The molecule has 0 saturated heterocycles. The number of carbonyl (C=O) groups excluding carboxylic acids is 2. The highest BCUT2D eigenvalue weighted by atomic mass is 35.5. The standard InChI is InChI=1S/C17H12ClFN6O2.C4H10.2C2H6/c1-8(27)22-17-15(19)14(18)13(10-4-21-24-16(10)17)9-2-3-12-23-11(20-7-26)6-25(12)5-9;1-3-4-2;2*1-2/h2-7H,1H3,(H,20,26)(H,21,24)(H,22,27);3-4H2,1-2H3;2*1-2H3. The maximum absolute atomic E-state index is 14.9. The molecule has 8 nitrogen and oxygen atoms in total. The van der Waals surface area contributed by atoms with Crippen molar-refractivity contribution in [2.75, 3.05) is 10.6 Å². The van der Waals surface area contributed by atoms with Crippen molar-refractivity contribution in [3.05, 3.63) is 41.6 Å². The number of imidazole rings is 1. The number of aromatic nitrogens is 4. The zero-order chi connectivity index (χ0) is 26.5. The third-order valence-corrected chi connectivity index (χ3v) is 4.89. The van der Waals surface area contributed by atoms with Crippen molar-refractivity contribution < 1.29 is 14.0 Å². The van der Waals surface area contributed by atoms with Crippen molar-refractivity contribution in [2.45, 2.75) is 61.3 Å². The molecule has 0 spiro atoms. The Hall–Kier alpha value is -3.46. The number of amides is 2. The molecule has 3 N–H and O–H groups in total. The molecule has 0 aliphatic rings. The summed E-state index contributed by atoms with van der Waals surface area (Å²) >= 11 is 6.31. The Kier molecular flexibility index (Phi) is 12.4. The first kappa shape index (κ1) is 29.6. The number of pyridine rings is 1. The number of anilines is 2. The lowest BCUT2D eigenvalue weighted by Gasteiger charge is -2.13. The molecule has 0 aliphatic carbocycles. The van der Waals surface area contributed by atoms with E-state index in [9.17, 15) is 14.0 Å². The van der Waals surface area contributed by atoms with Gasteiger partial charge in [0.25, 0.3) is 0 Å². The minimum Gasteiger partial charge on any atom is -0.322 e. The van der Waals surface area contributed by atoms with Gasteiger partial charge in [0.1, 0.15) is 11.3 Å². The van der Waals surface area contributed by atoms with E-state index in [2.05, 4.69) is 39.7 Å². The maximum atomic E-state index is 14.9. The second-order valence-electron chi connectivity index (χ2n) is 6.79. The molecular weight excluding hydrogens is 471 g/mol. The number of fused-ring (bicyclic) bond motifs is 2. The van der Waals surface area contributed by atoms with Crippen molar-refractivity contribution >= 4 is 52.0 Å². The van der Waals surface area contributed by atoms with Crippen LogP contribution in [0.3, 0.4) is 0 Å². The normalized spacial score (nSPS) is 9.74. The third-order valence-electron chi connectivity index (χ3n) is 4.54. The van der Waals surface area contributed by atoms with E-state index < -0.39 is 11.7 Å². The number of unbranched alkanes of at least 4 members (excludes halogenated alkanes) is 1. The quantitative estimate of drug-likeness (QED) is 0.253. The van der Waals surface area contributed by atoms with E-state index in [-0.39, 0.29) is 10.7 Å². The van der Waals surface area contributed by atoms with Crippen molar-refractivity contribution in [1.29, 1.82) is 0 Å². The number of nitrogens with zero attached hydrogens (tertiary/aromatic N) is 3. The van der Waals surface area contributed by atoms with Crippen LogP contribution in [0.1, 0.15) is 61.3 Å². The molecule has 0 atom stereocenters. The first-order chi connectivity index (χ1) is 16.9. The Labute approximate surface area is 210 Å². The fourth-order valence-electron chi connectivity index (χ4n) is 2.96. The molecule has 1 aromatic carbocycles. The zero-order valence-corrected chi connectivity index (χ0v) is 22.0.